The maximum atomic E-state index is 13.0. The van der Waals surface area contributed by atoms with Gasteiger partial charge in [0.05, 0.1) is 4.90 Å². The van der Waals surface area contributed by atoms with Crippen molar-refractivity contribution >= 4 is 27.6 Å². The number of hydrogen-bond acceptors (Lipinski definition) is 5. The van der Waals surface area contributed by atoms with Gasteiger partial charge >= 0.3 is 5.97 Å². The third-order valence-corrected chi connectivity index (χ3v) is 7.55. The van der Waals surface area contributed by atoms with E-state index in [2.05, 4.69) is 0 Å². The van der Waals surface area contributed by atoms with E-state index in [1.54, 1.807) is 29.2 Å². The Morgan fingerprint density at radius 3 is 2.57 bits per heavy atom. The molecule has 2 aliphatic heterocycles. The van der Waals surface area contributed by atoms with Gasteiger partial charge in [0.15, 0.2) is 6.61 Å². The van der Waals surface area contributed by atoms with Crippen LogP contribution in [0.3, 0.4) is 0 Å². The van der Waals surface area contributed by atoms with Crippen molar-refractivity contribution in [3.05, 3.63) is 59.7 Å². The number of rotatable bonds is 5. The summed E-state index contributed by atoms with van der Waals surface area (Å²) >= 11 is 0. The Hall–Kier alpha value is -2.71. The monoisotopic (exact) mass is 428 g/mol. The predicted molar refractivity (Wildman–Crippen MR) is 112 cm³/mol. The van der Waals surface area contributed by atoms with Crippen molar-refractivity contribution in [2.45, 2.75) is 37.1 Å². The first-order valence-corrected chi connectivity index (χ1v) is 11.5. The van der Waals surface area contributed by atoms with E-state index in [1.165, 1.54) is 4.31 Å². The topological polar surface area (TPSA) is 84.0 Å². The van der Waals surface area contributed by atoms with E-state index in [1.807, 2.05) is 31.2 Å². The van der Waals surface area contributed by atoms with Gasteiger partial charge in [0.1, 0.15) is 6.04 Å². The van der Waals surface area contributed by atoms with Gasteiger partial charge in [-0.3, -0.25) is 9.59 Å². The summed E-state index contributed by atoms with van der Waals surface area (Å²) in [5.41, 5.74) is 2.87. The number of esters is 1. The average molecular weight is 429 g/mol. The van der Waals surface area contributed by atoms with Gasteiger partial charge in [-0.15, -0.1) is 0 Å². The molecule has 1 amide bonds. The molecule has 2 aromatic carbocycles. The summed E-state index contributed by atoms with van der Waals surface area (Å²) in [7, 11) is -3.81. The smallest absolute Gasteiger partial charge is 0.324 e. The molecule has 0 saturated carbocycles. The van der Waals surface area contributed by atoms with Gasteiger partial charge in [-0.1, -0.05) is 35.9 Å². The first-order chi connectivity index (χ1) is 14.4. The van der Waals surface area contributed by atoms with Crippen LogP contribution in [0.25, 0.3) is 0 Å². The number of ether oxygens (including phenoxy) is 1. The Labute approximate surface area is 176 Å². The van der Waals surface area contributed by atoms with Gasteiger partial charge in [0.2, 0.25) is 10.0 Å². The van der Waals surface area contributed by atoms with E-state index >= 15 is 0 Å². The Morgan fingerprint density at radius 1 is 1.07 bits per heavy atom. The Kier molecular flexibility index (Phi) is 5.62. The van der Waals surface area contributed by atoms with Gasteiger partial charge in [-0.2, -0.15) is 4.31 Å². The molecule has 4 rings (SSSR count). The summed E-state index contributed by atoms with van der Waals surface area (Å²) in [6, 6.07) is 13.3. The van der Waals surface area contributed by atoms with E-state index in [0.29, 0.717) is 19.4 Å². The van der Waals surface area contributed by atoms with Crippen molar-refractivity contribution < 1.29 is 22.7 Å². The van der Waals surface area contributed by atoms with Crippen molar-refractivity contribution in [1.29, 1.82) is 0 Å². The maximum absolute atomic E-state index is 13.0. The van der Waals surface area contributed by atoms with Crippen LogP contribution in [0.4, 0.5) is 5.69 Å². The van der Waals surface area contributed by atoms with Gasteiger partial charge in [0, 0.05) is 18.8 Å². The number of carbonyl (C=O) groups excluding carboxylic acids is 2. The van der Waals surface area contributed by atoms with Crippen molar-refractivity contribution in [2.24, 2.45) is 0 Å². The molecule has 7 nitrogen and oxygen atoms in total. The number of carbonyl (C=O) groups is 2. The number of aryl methyl sites for hydroxylation is 1. The van der Waals surface area contributed by atoms with Crippen molar-refractivity contribution in [2.75, 3.05) is 24.6 Å². The zero-order valence-corrected chi connectivity index (χ0v) is 17.6. The largest absolute Gasteiger partial charge is 0.454 e. The number of sulfonamides is 1. The molecule has 1 saturated heterocycles. The molecule has 0 bridgehead atoms. The molecule has 158 valence electrons. The first kappa shape index (κ1) is 20.6. The zero-order chi connectivity index (χ0) is 21.3. The lowest BCUT2D eigenvalue weighted by atomic mass is 10.2. The maximum Gasteiger partial charge on any atom is 0.324 e. The number of para-hydroxylation sites is 1. The van der Waals surface area contributed by atoms with Crippen LogP contribution in [0.1, 0.15) is 24.0 Å². The minimum Gasteiger partial charge on any atom is -0.454 e. The molecular formula is C22H24N2O5S. The predicted octanol–water partition coefficient (Wildman–Crippen LogP) is 2.28. The lowest BCUT2D eigenvalue weighted by Gasteiger charge is -2.23. The van der Waals surface area contributed by atoms with Crippen LogP contribution in [0.15, 0.2) is 53.4 Å². The normalized spacial score (nSPS) is 19.0. The fraction of sp³-hybridized carbons (Fsp3) is 0.364. The molecule has 1 fully saturated rings. The standard InChI is InChI=1S/C22H24N2O5S/c1-16-8-10-18(11-9-16)30(27,28)24-13-4-7-20(24)22(26)29-15-21(25)23-14-12-17-5-2-3-6-19(17)23/h2-3,5-6,8-11,20H,4,7,12-15H2,1H3/t20-/m1/s1. The highest BCUT2D eigenvalue weighted by Crippen LogP contribution is 2.29. The third kappa shape index (κ3) is 3.85. The summed E-state index contributed by atoms with van der Waals surface area (Å²) in [6.45, 7) is 2.28. The minimum absolute atomic E-state index is 0.151. The van der Waals surface area contributed by atoms with Crippen molar-refractivity contribution in [3.63, 3.8) is 0 Å². The Bertz CT molecular complexity index is 1070. The average Bonchev–Trinajstić information content (AvgIpc) is 3.40. The molecule has 1 atom stereocenters. The van der Waals surface area contributed by atoms with Gasteiger partial charge < -0.3 is 9.64 Å². The van der Waals surface area contributed by atoms with Crippen LogP contribution >= 0.6 is 0 Å². The van der Waals surface area contributed by atoms with Crippen LogP contribution in [-0.4, -0.2) is 50.3 Å². The molecule has 0 radical (unpaired) electrons. The van der Waals surface area contributed by atoms with Crippen LogP contribution in [0, 0.1) is 6.92 Å². The van der Waals surface area contributed by atoms with Crippen LogP contribution in [0.2, 0.25) is 0 Å². The SMILES string of the molecule is Cc1ccc(S(=O)(=O)N2CCC[C@@H]2C(=O)OCC(=O)N2CCc3ccccc32)cc1. The summed E-state index contributed by atoms with van der Waals surface area (Å²) in [6.07, 6.45) is 1.71. The Morgan fingerprint density at radius 2 is 1.80 bits per heavy atom. The molecule has 2 aromatic rings. The number of anilines is 1. The van der Waals surface area contributed by atoms with Crippen LogP contribution in [0.5, 0.6) is 0 Å². The second kappa shape index (κ2) is 8.20. The molecule has 30 heavy (non-hydrogen) atoms. The molecule has 0 N–H and O–H groups in total. The second-order valence-corrected chi connectivity index (χ2v) is 9.51. The number of fused-ring (bicyclic) bond motifs is 1. The lowest BCUT2D eigenvalue weighted by molar-refractivity contribution is -0.151. The van der Waals surface area contributed by atoms with Crippen LogP contribution < -0.4 is 4.90 Å². The van der Waals surface area contributed by atoms with Gasteiger partial charge in [0.25, 0.3) is 5.91 Å². The fourth-order valence-electron chi connectivity index (χ4n) is 4.01. The van der Waals surface area contributed by atoms with Crippen LogP contribution in [-0.2, 0) is 30.8 Å². The van der Waals surface area contributed by atoms with E-state index in [4.69, 9.17) is 4.74 Å². The molecule has 8 heteroatoms. The van der Waals surface area contributed by atoms with E-state index in [0.717, 1.165) is 23.2 Å². The molecule has 2 heterocycles. The van der Waals surface area contributed by atoms with E-state index in [9.17, 15) is 18.0 Å². The summed E-state index contributed by atoms with van der Waals surface area (Å²) in [5, 5.41) is 0. The Balaban J connectivity index is 1.42. The third-order valence-electron chi connectivity index (χ3n) is 5.63. The quantitative estimate of drug-likeness (QED) is 0.683. The highest BCUT2D eigenvalue weighted by Gasteiger charge is 2.40. The van der Waals surface area contributed by atoms with Gasteiger partial charge in [-0.05, 0) is 49.9 Å². The van der Waals surface area contributed by atoms with Crippen molar-refractivity contribution in [1.82, 2.24) is 4.31 Å². The number of amides is 1. The number of benzene rings is 2. The fourth-order valence-corrected chi connectivity index (χ4v) is 5.66. The first-order valence-electron chi connectivity index (χ1n) is 10.0. The number of nitrogens with zero attached hydrogens (tertiary/aromatic N) is 2. The zero-order valence-electron chi connectivity index (χ0n) is 16.8. The minimum atomic E-state index is -3.81. The number of hydrogen-bond donors (Lipinski definition) is 0. The summed E-state index contributed by atoms with van der Waals surface area (Å²) < 4.78 is 32.4. The highest BCUT2D eigenvalue weighted by molar-refractivity contribution is 7.89. The van der Waals surface area contributed by atoms with E-state index in [-0.39, 0.29) is 17.3 Å². The summed E-state index contributed by atoms with van der Waals surface area (Å²) in [5.74, 6) is -0.983. The second-order valence-electron chi connectivity index (χ2n) is 7.62. The molecule has 0 aliphatic carbocycles. The molecule has 0 unspecified atom stereocenters. The molecular weight excluding hydrogens is 404 g/mol. The van der Waals surface area contributed by atoms with Crippen molar-refractivity contribution in [3.8, 4) is 0 Å². The molecule has 0 spiro atoms. The highest BCUT2D eigenvalue weighted by atomic mass is 32.2. The summed E-state index contributed by atoms with van der Waals surface area (Å²) in [4.78, 5) is 27.0. The lowest BCUT2D eigenvalue weighted by Crippen LogP contribution is -2.42. The molecule has 2 aliphatic rings. The van der Waals surface area contributed by atoms with Gasteiger partial charge in [-0.25, -0.2) is 8.42 Å². The van der Waals surface area contributed by atoms with E-state index < -0.39 is 28.6 Å². The molecule has 0 aromatic heterocycles.